The number of aliphatic hydroxyl groups is 1. The summed E-state index contributed by atoms with van der Waals surface area (Å²) in [6, 6.07) is 15.4. The minimum Gasteiger partial charge on any atom is -0.494 e. The first-order valence-electron chi connectivity index (χ1n) is 21.6. The van der Waals surface area contributed by atoms with E-state index in [0.717, 1.165) is 87.3 Å². The molecule has 304 valence electrons. The molecule has 2 saturated heterocycles. The Morgan fingerprint density at radius 1 is 0.593 bits per heavy atom. The van der Waals surface area contributed by atoms with Crippen molar-refractivity contribution in [1.82, 2.24) is 0 Å². The molecule has 1 N–H and O–H groups in total. The summed E-state index contributed by atoms with van der Waals surface area (Å²) in [6.45, 7) is 9.67. The van der Waals surface area contributed by atoms with Crippen LogP contribution in [-0.4, -0.2) is 61.4 Å². The largest absolute Gasteiger partial charge is 0.494 e. The first-order valence-corrected chi connectivity index (χ1v) is 21.6. The van der Waals surface area contributed by atoms with Gasteiger partial charge in [0.1, 0.15) is 11.5 Å². The average molecular weight is 753 g/mol. The summed E-state index contributed by atoms with van der Waals surface area (Å²) < 4.78 is 37.1. The van der Waals surface area contributed by atoms with Gasteiger partial charge in [-0.2, -0.15) is 10.2 Å². The third-order valence-corrected chi connectivity index (χ3v) is 10.4. The molecule has 9 heteroatoms. The summed E-state index contributed by atoms with van der Waals surface area (Å²) in [5.41, 5.74) is 1.58. The maximum Gasteiger partial charge on any atom is 0.158 e. The predicted molar refractivity (Wildman–Crippen MR) is 216 cm³/mol. The molecule has 0 aliphatic carbocycles. The molecule has 2 aromatic carbocycles. The Bertz CT molecular complexity index is 1260. The second-order valence-electron chi connectivity index (χ2n) is 15.4. The van der Waals surface area contributed by atoms with Gasteiger partial charge in [0.15, 0.2) is 12.6 Å². The highest BCUT2D eigenvalue weighted by atomic mass is 16.7. The average Bonchev–Trinajstić information content (AvgIpc) is 3.16. The van der Waals surface area contributed by atoms with Crippen molar-refractivity contribution in [1.29, 1.82) is 0 Å². The molecule has 9 nitrogen and oxygen atoms in total. The zero-order valence-corrected chi connectivity index (χ0v) is 34.0. The molecule has 4 rings (SSSR count). The van der Waals surface area contributed by atoms with Crippen LogP contribution in [0.15, 0.2) is 58.8 Å². The maximum atomic E-state index is 10.1. The number of unbranched alkanes of at least 4 members (excludes halogenated alkanes) is 11. The molecular weight excluding hydrogens is 681 g/mol. The lowest BCUT2D eigenvalue weighted by Gasteiger charge is -2.40. The molecule has 2 aromatic rings. The van der Waals surface area contributed by atoms with E-state index in [0.29, 0.717) is 13.0 Å². The van der Waals surface area contributed by atoms with Gasteiger partial charge in [0.05, 0.1) is 55.1 Å². The van der Waals surface area contributed by atoms with E-state index in [9.17, 15) is 5.11 Å². The zero-order chi connectivity index (χ0) is 38.2. The van der Waals surface area contributed by atoms with E-state index in [2.05, 4.69) is 24.1 Å². The van der Waals surface area contributed by atoms with Gasteiger partial charge in [-0.3, -0.25) is 0 Å². The smallest absolute Gasteiger partial charge is 0.158 e. The van der Waals surface area contributed by atoms with Gasteiger partial charge in [0, 0.05) is 19.3 Å². The zero-order valence-electron chi connectivity index (χ0n) is 34.0. The van der Waals surface area contributed by atoms with E-state index in [1.807, 2.05) is 62.4 Å². The molecule has 2 fully saturated rings. The third kappa shape index (κ3) is 17.9. The Kier molecular flexibility index (Phi) is 21.5. The lowest BCUT2D eigenvalue weighted by atomic mass is 9.96. The van der Waals surface area contributed by atoms with E-state index >= 15 is 0 Å². The maximum absolute atomic E-state index is 10.1. The molecule has 0 amide bonds. The minimum atomic E-state index is -0.382. The van der Waals surface area contributed by atoms with Gasteiger partial charge in [-0.05, 0) is 107 Å². The first-order chi connectivity index (χ1) is 26.4. The molecular formula is C45H72N2O7. The van der Waals surface area contributed by atoms with Crippen molar-refractivity contribution in [3.63, 3.8) is 0 Å². The Balaban J connectivity index is 1.05. The van der Waals surface area contributed by atoms with Crippen LogP contribution in [0.5, 0.6) is 11.5 Å². The Hall–Kier alpha value is -2.56. The molecule has 0 bridgehead atoms. The van der Waals surface area contributed by atoms with Crippen molar-refractivity contribution in [2.75, 3.05) is 13.2 Å². The van der Waals surface area contributed by atoms with Gasteiger partial charge in [0.25, 0.3) is 0 Å². The standard InChI is InChI=1S/C45H72N2O7/c1-5-8-9-14-17-20-44-51-38(6-2)32-42(53-44)34-43-33-41(31-35(4)48)52-45(54-43)21-18-15-12-10-11-13-16-19-30-50-40-28-24-37(25-29-40)47-46-36-22-26-39(27-23-36)49-7-3/h22-29,35,38,41-45,48H,5-21,30-34H2,1-4H3. The van der Waals surface area contributed by atoms with Gasteiger partial charge in [-0.15, -0.1) is 0 Å². The summed E-state index contributed by atoms with van der Waals surface area (Å²) >= 11 is 0. The Morgan fingerprint density at radius 2 is 1.06 bits per heavy atom. The van der Waals surface area contributed by atoms with Crippen molar-refractivity contribution in [3.05, 3.63) is 48.5 Å². The fraction of sp³-hybridized carbons (Fsp3) is 0.733. The first kappa shape index (κ1) is 44.2. The lowest BCUT2D eigenvalue weighted by Crippen LogP contribution is -2.44. The van der Waals surface area contributed by atoms with Gasteiger partial charge in [-0.1, -0.05) is 78.1 Å². The molecule has 7 unspecified atom stereocenters. The molecule has 7 atom stereocenters. The van der Waals surface area contributed by atoms with E-state index in [1.54, 1.807) is 0 Å². The van der Waals surface area contributed by atoms with Crippen LogP contribution in [0.4, 0.5) is 11.4 Å². The van der Waals surface area contributed by atoms with Crippen LogP contribution in [-0.2, 0) is 18.9 Å². The highest BCUT2D eigenvalue weighted by Crippen LogP contribution is 2.32. The van der Waals surface area contributed by atoms with Crippen molar-refractivity contribution < 1.29 is 33.5 Å². The van der Waals surface area contributed by atoms with E-state index in [-0.39, 0.29) is 43.1 Å². The number of benzene rings is 2. The fourth-order valence-corrected chi connectivity index (χ4v) is 7.47. The number of ether oxygens (including phenoxy) is 6. The molecule has 0 radical (unpaired) electrons. The summed E-state index contributed by atoms with van der Waals surface area (Å²) in [5.74, 6) is 1.70. The van der Waals surface area contributed by atoms with Crippen molar-refractivity contribution in [3.8, 4) is 11.5 Å². The number of azo groups is 1. The molecule has 54 heavy (non-hydrogen) atoms. The molecule has 0 aromatic heterocycles. The quantitative estimate of drug-likeness (QED) is 0.0716. The highest BCUT2D eigenvalue weighted by molar-refractivity contribution is 5.44. The second-order valence-corrected chi connectivity index (χ2v) is 15.4. The number of nitrogens with zero attached hydrogens (tertiary/aromatic N) is 2. The summed E-state index contributed by atoms with van der Waals surface area (Å²) in [5, 5.41) is 18.8. The van der Waals surface area contributed by atoms with Gasteiger partial charge >= 0.3 is 0 Å². The number of aliphatic hydroxyl groups excluding tert-OH is 1. The number of rotatable bonds is 27. The van der Waals surface area contributed by atoms with E-state index in [4.69, 9.17) is 28.4 Å². The summed E-state index contributed by atoms with van der Waals surface area (Å²) in [6.07, 6.45) is 21.8. The minimum absolute atomic E-state index is 0.0280. The predicted octanol–water partition coefficient (Wildman–Crippen LogP) is 12.3. The second kappa shape index (κ2) is 26.3. The van der Waals surface area contributed by atoms with Gasteiger partial charge in [0.2, 0.25) is 0 Å². The van der Waals surface area contributed by atoms with Crippen LogP contribution in [0.2, 0.25) is 0 Å². The molecule has 2 aliphatic heterocycles. The molecule has 0 spiro atoms. The van der Waals surface area contributed by atoms with Crippen LogP contribution >= 0.6 is 0 Å². The van der Waals surface area contributed by atoms with Gasteiger partial charge < -0.3 is 33.5 Å². The third-order valence-electron chi connectivity index (χ3n) is 10.4. The van der Waals surface area contributed by atoms with Crippen LogP contribution in [0.3, 0.4) is 0 Å². The van der Waals surface area contributed by atoms with Crippen LogP contribution < -0.4 is 9.47 Å². The normalized spacial score (nSPS) is 23.8. The molecule has 2 aliphatic rings. The number of hydrogen-bond acceptors (Lipinski definition) is 9. The Labute approximate surface area is 326 Å². The van der Waals surface area contributed by atoms with E-state index in [1.165, 1.54) is 64.2 Å². The van der Waals surface area contributed by atoms with Crippen molar-refractivity contribution in [2.45, 2.75) is 199 Å². The van der Waals surface area contributed by atoms with Gasteiger partial charge in [-0.25, -0.2) is 0 Å². The fourth-order valence-electron chi connectivity index (χ4n) is 7.47. The molecule has 0 saturated carbocycles. The van der Waals surface area contributed by atoms with Crippen LogP contribution in [0.1, 0.15) is 156 Å². The number of hydrogen-bond donors (Lipinski definition) is 1. The summed E-state index contributed by atoms with van der Waals surface area (Å²) in [4.78, 5) is 0. The van der Waals surface area contributed by atoms with Crippen LogP contribution in [0.25, 0.3) is 0 Å². The SMILES string of the molecule is CCCCCCCC1OC(CC)CC(CC2CC(CC(C)O)OC(CCCCCCCCCCOc3ccc(N=Nc4ccc(OCC)cc4)cc3)O2)O1. The topological polar surface area (TPSA) is 100 Å². The molecule has 2 heterocycles. The van der Waals surface area contributed by atoms with Crippen molar-refractivity contribution in [2.24, 2.45) is 10.2 Å². The Morgan fingerprint density at radius 3 is 1.57 bits per heavy atom. The van der Waals surface area contributed by atoms with E-state index < -0.39 is 0 Å². The lowest BCUT2D eigenvalue weighted by molar-refractivity contribution is -0.275. The monoisotopic (exact) mass is 753 g/mol. The van der Waals surface area contributed by atoms with Crippen LogP contribution in [0, 0.1) is 0 Å². The summed E-state index contributed by atoms with van der Waals surface area (Å²) in [7, 11) is 0. The van der Waals surface area contributed by atoms with Crippen molar-refractivity contribution >= 4 is 11.4 Å². The highest BCUT2D eigenvalue weighted by Gasteiger charge is 2.35.